The number of benzene rings is 2. The van der Waals surface area contributed by atoms with Crippen molar-refractivity contribution in [3.05, 3.63) is 48.0 Å². The van der Waals surface area contributed by atoms with Crippen LogP contribution >= 0.6 is 11.8 Å². The summed E-state index contributed by atoms with van der Waals surface area (Å²) in [6, 6.07) is 10.0. The van der Waals surface area contributed by atoms with Gasteiger partial charge in [-0.1, -0.05) is 17.7 Å². The summed E-state index contributed by atoms with van der Waals surface area (Å²) in [7, 11) is -4.28. The van der Waals surface area contributed by atoms with Gasteiger partial charge in [0, 0.05) is 4.90 Å². The van der Waals surface area contributed by atoms with Crippen LogP contribution in [0.1, 0.15) is 5.56 Å². The SMILES string of the molecule is COc1ccc(S(=O)(=O)C(F)(F)F)cc1NC(=O)CSc1ccc(C)cc1. The number of carbonyl (C=O) groups excluding carboxylic acids is 1. The minimum absolute atomic E-state index is 0.0114. The Labute approximate surface area is 158 Å². The van der Waals surface area contributed by atoms with Gasteiger partial charge in [-0.2, -0.15) is 13.2 Å². The molecule has 0 saturated carbocycles. The number of ether oxygens (including phenoxy) is 1. The molecule has 2 aromatic rings. The lowest BCUT2D eigenvalue weighted by Gasteiger charge is -2.13. The minimum Gasteiger partial charge on any atom is -0.495 e. The Morgan fingerprint density at radius 3 is 2.33 bits per heavy atom. The smallest absolute Gasteiger partial charge is 0.495 e. The van der Waals surface area contributed by atoms with E-state index in [4.69, 9.17) is 4.74 Å². The maximum atomic E-state index is 12.7. The highest BCUT2D eigenvalue weighted by Crippen LogP contribution is 2.34. The summed E-state index contributed by atoms with van der Waals surface area (Å²) < 4.78 is 66.2. The Morgan fingerprint density at radius 2 is 1.78 bits per heavy atom. The van der Waals surface area contributed by atoms with Crippen LogP contribution in [-0.4, -0.2) is 32.7 Å². The van der Waals surface area contributed by atoms with Crippen LogP contribution < -0.4 is 10.1 Å². The van der Waals surface area contributed by atoms with Gasteiger partial charge in [-0.25, -0.2) is 8.42 Å². The van der Waals surface area contributed by atoms with Crippen molar-refractivity contribution < 1.29 is 31.1 Å². The van der Waals surface area contributed by atoms with E-state index in [0.29, 0.717) is 0 Å². The molecule has 1 N–H and O–H groups in total. The number of carbonyl (C=O) groups is 1. The van der Waals surface area contributed by atoms with Gasteiger partial charge in [-0.3, -0.25) is 4.79 Å². The molecule has 2 aromatic carbocycles. The number of hydrogen-bond acceptors (Lipinski definition) is 5. The highest BCUT2D eigenvalue weighted by Gasteiger charge is 2.47. The number of aryl methyl sites for hydroxylation is 1. The second-order valence-electron chi connectivity index (χ2n) is 5.46. The molecular formula is C17H16F3NO4S2. The van der Waals surface area contributed by atoms with Gasteiger partial charge in [0.25, 0.3) is 9.84 Å². The topological polar surface area (TPSA) is 72.5 Å². The van der Waals surface area contributed by atoms with Gasteiger partial charge >= 0.3 is 5.51 Å². The quantitative estimate of drug-likeness (QED) is 0.716. The van der Waals surface area contributed by atoms with Crippen LogP contribution in [0.15, 0.2) is 52.3 Å². The van der Waals surface area contributed by atoms with Gasteiger partial charge in [0.15, 0.2) is 0 Å². The Hall–Kier alpha value is -2.20. The van der Waals surface area contributed by atoms with Gasteiger partial charge < -0.3 is 10.1 Å². The Kier molecular flexibility index (Phi) is 6.42. The molecule has 0 bridgehead atoms. The van der Waals surface area contributed by atoms with Crippen molar-refractivity contribution in [3.8, 4) is 5.75 Å². The first kappa shape index (κ1) is 21.1. The molecule has 0 unspecified atom stereocenters. The monoisotopic (exact) mass is 419 g/mol. The third-order valence-electron chi connectivity index (χ3n) is 3.45. The molecule has 0 aliphatic heterocycles. The molecule has 1 amide bonds. The average molecular weight is 419 g/mol. The average Bonchev–Trinajstić information content (AvgIpc) is 2.60. The standard InChI is InChI=1S/C17H16F3NO4S2/c1-11-3-5-12(6-4-11)26-10-16(22)21-14-9-13(7-8-15(14)25-2)27(23,24)17(18,19)20/h3-9H,10H2,1-2H3,(H,21,22). The molecule has 0 spiro atoms. The van der Waals surface area contributed by atoms with E-state index in [9.17, 15) is 26.4 Å². The Morgan fingerprint density at radius 1 is 1.15 bits per heavy atom. The molecule has 27 heavy (non-hydrogen) atoms. The van der Waals surface area contributed by atoms with Crippen molar-refractivity contribution >= 4 is 33.2 Å². The molecule has 0 saturated heterocycles. The molecule has 0 aliphatic rings. The summed E-state index contributed by atoms with van der Waals surface area (Å²) in [4.78, 5) is 12.0. The van der Waals surface area contributed by atoms with Gasteiger partial charge in [-0.05, 0) is 37.3 Å². The number of hydrogen-bond donors (Lipinski definition) is 1. The number of nitrogens with one attached hydrogen (secondary N) is 1. The van der Waals surface area contributed by atoms with E-state index in [1.54, 1.807) is 0 Å². The van der Waals surface area contributed by atoms with Crippen LogP contribution in [0.3, 0.4) is 0 Å². The molecule has 0 heterocycles. The maximum Gasteiger partial charge on any atom is 0.501 e. The molecule has 0 radical (unpaired) electrons. The number of thioether (sulfide) groups is 1. The normalized spacial score (nSPS) is 11.9. The van der Waals surface area contributed by atoms with E-state index < -0.39 is 26.1 Å². The van der Waals surface area contributed by atoms with Crippen molar-refractivity contribution in [2.75, 3.05) is 18.2 Å². The molecular weight excluding hydrogens is 403 g/mol. The van der Waals surface area contributed by atoms with E-state index in [1.807, 2.05) is 31.2 Å². The highest BCUT2D eigenvalue weighted by atomic mass is 32.2. The lowest BCUT2D eigenvalue weighted by Crippen LogP contribution is -2.23. The number of methoxy groups -OCH3 is 1. The maximum absolute atomic E-state index is 12.7. The number of amides is 1. The predicted octanol–water partition coefficient (Wildman–Crippen LogP) is 4.03. The summed E-state index contributed by atoms with van der Waals surface area (Å²) in [5.74, 6) is -0.479. The second kappa shape index (κ2) is 8.22. The van der Waals surface area contributed by atoms with Crippen molar-refractivity contribution in [2.45, 2.75) is 22.2 Å². The van der Waals surface area contributed by atoms with Gasteiger partial charge in [0.05, 0.1) is 23.4 Å². The lowest BCUT2D eigenvalue weighted by molar-refractivity contribution is -0.113. The number of alkyl halides is 3. The van der Waals surface area contributed by atoms with Crippen LogP contribution in [0.5, 0.6) is 5.75 Å². The van der Waals surface area contributed by atoms with E-state index in [-0.39, 0.29) is 17.2 Å². The zero-order valence-corrected chi connectivity index (χ0v) is 16.0. The first-order valence-electron chi connectivity index (χ1n) is 7.53. The first-order valence-corrected chi connectivity index (χ1v) is 10.00. The third kappa shape index (κ3) is 5.16. The van der Waals surface area contributed by atoms with Gasteiger partial charge in [-0.15, -0.1) is 11.8 Å². The summed E-state index contributed by atoms with van der Waals surface area (Å²) in [5.41, 5.74) is -4.53. The molecule has 2 rings (SSSR count). The van der Waals surface area contributed by atoms with Crippen LogP contribution in [0.4, 0.5) is 18.9 Å². The van der Waals surface area contributed by atoms with Crippen molar-refractivity contribution in [3.63, 3.8) is 0 Å². The highest BCUT2D eigenvalue weighted by molar-refractivity contribution is 8.00. The first-order chi connectivity index (χ1) is 12.5. The van der Waals surface area contributed by atoms with Crippen molar-refractivity contribution in [1.29, 1.82) is 0 Å². The molecule has 10 heteroatoms. The van der Waals surface area contributed by atoms with Gasteiger partial charge in [0.1, 0.15) is 5.75 Å². The Bertz CT molecular complexity index is 926. The fraction of sp³-hybridized carbons (Fsp3) is 0.235. The minimum atomic E-state index is -5.53. The van der Waals surface area contributed by atoms with E-state index in [0.717, 1.165) is 28.7 Å². The second-order valence-corrected chi connectivity index (χ2v) is 8.45. The Balaban J connectivity index is 2.17. The number of anilines is 1. The van der Waals surface area contributed by atoms with E-state index in [1.165, 1.54) is 18.9 Å². The van der Waals surface area contributed by atoms with Gasteiger partial charge in [0.2, 0.25) is 5.91 Å². The zero-order valence-electron chi connectivity index (χ0n) is 14.3. The van der Waals surface area contributed by atoms with Crippen molar-refractivity contribution in [1.82, 2.24) is 0 Å². The fourth-order valence-electron chi connectivity index (χ4n) is 2.06. The number of halogens is 3. The van der Waals surface area contributed by atoms with Crippen molar-refractivity contribution in [2.24, 2.45) is 0 Å². The summed E-state index contributed by atoms with van der Waals surface area (Å²) in [6.45, 7) is 1.93. The molecule has 0 aromatic heterocycles. The lowest BCUT2D eigenvalue weighted by atomic mass is 10.2. The predicted molar refractivity (Wildman–Crippen MR) is 96.8 cm³/mol. The molecule has 0 aliphatic carbocycles. The molecule has 146 valence electrons. The number of sulfone groups is 1. The summed E-state index contributed by atoms with van der Waals surface area (Å²) in [5, 5.41) is 2.39. The van der Waals surface area contributed by atoms with Crippen LogP contribution in [0, 0.1) is 6.92 Å². The van der Waals surface area contributed by atoms with Crippen LogP contribution in [0.25, 0.3) is 0 Å². The molecule has 0 fully saturated rings. The molecule has 5 nitrogen and oxygen atoms in total. The van der Waals surface area contributed by atoms with Crippen LogP contribution in [0.2, 0.25) is 0 Å². The summed E-state index contributed by atoms with van der Waals surface area (Å²) in [6.07, 6.45) is 0. The zero-order chi connectivity index (χ0) is 20.2. The summed E-state index contributed by atoms with van der Waals surface area (Å²) >= 11 is 1.23. The fourth-order valence-corrected chi connectivity index (χ4v) is 3.54. The third-order valence-corrected chi connectivity index (χ3v) is 5.95. The van der Waals surface area contributed by atoms with E-state index in [2.05, 4.69) is 5.32 Å². The largest absolute Gasteiger partial charge is 0.501 e. The van der Waals surface area contributed by atoms with Crippen LogP contribution in [-0.2, 0) is 14.6 Å². The molecule has 0 atom stereocenters. The van der Waals surface area contributed by atoms with E-state index >= 15 is 0 Å². The number of rotatable bonds is 6.